The lowest BCUT2D eigenvalue weighted by Crippen LogP contribution is -2.26. The fraction of sp³-hybridized carbons (Fsp3) is 0.222. The van der Waals surface area contributed by atoms with Crippen LogP contribution in [0.25, 0.3) is 0 Å². The number of halogens is 2. The third kappa shape index (κ3) is 5.49. The summed E-state index contributed by atoms with van der Waals surface area (Å²) in [5.74, 6) is -0.633. The van der Waals surface area contributed by atoms with Crippen LogP contribution in [0.3, 0.4) is 0 Å². The Kier molecular flexibility index (Phi) is 6.29. The molecule has 0 fully saturated rings. The maximum atomic E-state index is 13.4. The molecule has 3 nitrogen and oxygen atoms in total. The quantitative estimate of drug-likeness (QED) is 0.783. The summed E-state index contributed by atoms with van der Waals surface area (Å²) in [5.41, 5.74) is 1.06. The topological polar surface area (TPSA) is 46.2 Å². The van der Waals surface area contributed by atoms with Gasteiger partial charge in [-0.2, -0.15) is 0 Å². The molecule has 0 aromatic heterocycles. The predicted molar refractivity (Wildman–Crippen MR) is 88.1 cm³/mol. The summed E-state index contributed by atoms with van der Waals surface area (Å²) in [5, 5.41) is 3.18. The van der Waals surface area contributed by atoms with Crippen molar-refractivity contribution in [2.45, 2.75) is 19.3 Å². The monoisotopic (exact) mass is 333 g/mol. The Hall–Kier alpha value is -2.20. The van der Waals surface area contributed by atoms with Gasteiger partial charge in [-0.1, -0.05) is 41.9 Å². The summed E-state index contributed by atoms with van der Waals surface area (Å²) in [6.07, 6.45) is 0.634. The first kappa shape index (κ1) is 17.2. The molecule has 0 aliphatic carbocycles. The van der Waals surface area contributed by atoms with Crippen LogP contribution in [0.4, 0.5) is 4.39 Å². The number of hydrogen-bond acceptors (Lipinski definition) is 2. The number of amides is 1. The maximum absolute atomic E-state index is 13.4. The minimum Gasteiger partial charge on any atom is -0.356 e. The standard InChI is InChI=1S/C18H17ClFNO2/c19-15-6-3-5-14(12-15)17(22)8-9-18(23)21-11-10-13-4-1-2-7-16(13)20/h1-7,12H,8-11H2,(H,21,23). The Morgan fingerprint density at radius 2 is 1.83 bits per heavy atom. The lowest BCUT2D eigenvalue weighted by Gasteiger charge is -2.06. The van der Waals surface area contributed by atoms with E-state index in [1.165, 1.54) is 6.07 Å². The highest BCUT2D eigenvalue weighted by Gasteiger charge is 2.10. The number of rotatable bonds is 7. The molecule has 2 aromatic rings. The second kappa shape index (κ2) is 8.44. The molecular weight excluding hydrogens is 317 g/mol. The molecule has 1 amide bonds. The van der Waals surface area contributed by atoms with Crippen molar-refractivity contribution >= 4 is 23.3 Å². The van der Waals surface area contributed by atoms with Gasteiger partial charge in [0.15, 0.2) is 5.78 Å². The molecule has 23 heavy (non-hydrogen) atoms. The Morgan fingerprint density at radius 1 is 1.04 bits per heavy atom. The van der Waals surface area contributed by atoms with Crippen LogP contribution < -0.4 is 5.32 Å². The molecule has 0 spiro atoms. The molecule has 0 saturated carbocycles. The van der Waals surface area contributed by atoms with Crippen molar-refractivity contribution in [3.05, 3.63) is 70.5 Å². The smallest absolute Gasteiger partial charge is 0.220 e. The normalized spacial score (nSPS) is 10.3. The molecule has 0 atom stereocenters. The first-order valence-corrected chi connectivity index (χ1v) is 7.73. The van der Waals surface area contributed by atoms with E-state index >= 15 is 0 Å². The second-order valence-corrected chi connectivity index (χ2v) is 5.56. The second-order valence-electron chi connectivity index (χ2n) is 5.12. The maximum Gasteiger partial charge on any atom is 0.220 e. The van der Waals surface area contributed by atoms with Crippen LogP contribution in [0.1, 0.15) is 28.8 Å². The van der Waals surface area contributed by atoms with E-state index in [4.69, 9.17) is 11.6 Å². The first-order chi connectivity index (χ1) is 11.1. The van der Waals surface area contributed by atoms with Crippen LogP contribution in [0, 0.1) is 5.82 Å². The lowest BCUT2D eigenvalue weighted by molar-refractivity contribution is -0.121. The number of Topliss-reactive ketones (excluding diaryl/α,β-unsaturated/α-hetero) is 1. The number of benzene rings is 2. The van der Waals surface area contributed by atoms with Gasteiger partial charge in [0.25, 0.3) is 0 Å². The predicted octanol–water partition coefficient (Wildman–Crippen LogP) is 3.80. The van der Waals surface area contributed by atoms with E-state index in [1.807, 2.05) is 0 Å². The van der Waals surface area contributed by atoms with E-state index in [0.717, 1.165) is 0 Å². The number of nitrogens with one attached hydrogen (secondary N) is 1. The Morgan fingerprint density at radius 3 is 2.57 bits per heavy atom. The molecule has 0 bridgehead atoms. The number of ketones is 1. The fourth-order valence-corrected chi connectivity index (χ4v) is 2.35. The zero-order valence-electron chi connectivity index (χ0n) is 12.5. The van der Waals surface area contributed by atoms with Gasteiger partial charge < -0.3 is 5.32 Å². The third-order valence-electron chi connectivity index (χ3n) is 3.40. The molecule has 0 saturated heterocycles. The molecule has 5 heteroatoms. The van der Waals surface area contributed by atoms with Crippen molar-refractivity contribution in [1.29, 1.82) is 0 Å². The van der Waals surface area contributed by atoms with E-state index in [0.29, 0.717) is 29.1 Å². The zero-order chi connectivity index (χ0) is 16.7. The molecule has 0 aliphatic heterocycles. The Balaban J connectivity index is 1.73. The SMILES string of the molecule is O=C(CCC(=O)c1cccc(Cl)c1)NCCc1ccccc1F. The van der Waals surface area contributed by atoms with E-state index in [2.05, 4.69) is 5.32 Å². The minimum absolute atomic E-state index is 0.0998. The molecule has 0 radical (unpaired) electrons. The molecule has 1 N–H and O–H groups in total. The van der Waals surface area contributed by atoms with Crippen LogP contribution in [-0.2, 0) is 11.2 Å². The van der Waals surface area contributed by atoms with E-state index < -0.39 is 0 Å². The van der Waals surface area contributed by atoms with Crippen molar-refractivity contribution in [3.63, 3.8) is 0 Å². The molecule has 2 rings (SSSR count). The van der Waals surface area contributed by atoms with Gasteiger partial charge in [0.2, 0.25) is 5.91 Å². The Bertz CT molecular complexity index is 703. The zero-order valence-corrected chi connectivity index (χ0v) is 13.3. The Labute approximate surface area is 139 Å². The van der Waals surface area contributed by atoms with Crippen LogP contribution in [0.5, 0.6) is 0 Å². The lowest BCUT2D eigenvalue weighted by atomic mass is 10.1. The van der Waals surface area contributed by atoms with Gasteiger partial charge in [-0.25, -0.2) is 4.39 Å². The average Bonchev–Trinajstić information content (AvgIpc) is 2.54. The molecular formula is C18H17ClFNO2. The van der Waals surface area contributed by atoms with Gasteiger partial charge in [-0.05, 0) is 30.2 Å². The first-order valence-electron chi connectivity index (χ1n) is 7.35. The van der Waals surface area contributed by atoms with Crippen molar-refractivity contribution in [1.82, 2.24) is 5.32 Å². The van der Waals surface area contributed by atoms with Crippen molar-refractivity contribution in [2.24, 2.45) is 0 Å². The summed E-state index contributed by atoms with van der Waals surface area (Å²) >= 11 is 5.83. The highest BCUT2D eigenvalue weighted by molar-refractivity contribution is 6.31. The molecule has 0 aliphatic rings. The average molecular weight is 334 g/mol. The van der Waals surface area contributed by atoms with Crippen LogP contribution in [-0.4, -0.2) is 18.2 Å². The minimum atomic E-state index is -0.280. The van der Waals surface area contributed by atoms with Crippen LogP contribution in [0.15, 0.2) is 48.5 Å². The van der Waals surface area contributed by atoms with Gasteiger partial charge in [0, 0.05) is 30.0 Å². The number of carbonyl (C=O) groups excluding carboxylic acids is 2. The molecule has 0 heterocycles. The van der Waals surface area contributed by atoms with Crippen molar-refractivity contribution in [2.75, 3.05) is 6.54 Å². The van der Waals surface area contributed by atoms with Gasteiger partial charge in [0.05, 0.1) is 0 Å². The van der Waals surface area contributed by atoms with Crippen molar-refractivity contribution in [3.8, 4) is 0 Å². The van der Waals surface area contributed by atoms with E-state index in [-0.39, 0.29) is 30.3 Å². The summed E-state index contributed by atoms with van der Waals surface area (Å²) in [4.78, 5) is 23.7. The highest BCUT2D eigenvalue weighted by atomic mass is 35.5. The molecule has 0 unspecified atom stereocenters. The highest BCUT2D eigenvalue weighted by Crippen LogP contribution is 2.13. The number of hydrogen-bond donors (Lipinski definition) is 1. The van der Waals surface area contributed by atoms with Crippen LogP contribution >= 0.6 is 11.6 Å². The van der Waals surface area contributed by atoms with Gasteiger partial charge in [-0.3, -0.25) is 9.59 Å². The van der Waals surface area contributed by atoms with Gasteiger partial charge >= 0.3 is 0 Å². The molecule has 2 aromatic carbocycles. The summed E-state index contributed by atoms with van der Waals surface area (Å²) < 4.78 is 13.4. The summed E-state index contributed by atoms with van der Waals surface area (Å²) in [6.45, 7) is 0.338. The molecule has 120 valence electrons. The summed E-state index contributed by atoms with van der Waals surface area (Å²) in [6, 6.07) is 13.1. The van der Waals surface area contributed by atoms with Crippen molar-refractivity contribution < 1.29 is 14.0 Å². The van der Waals surface area contributed by atoms with E-state index in [9.17, 15) is 14.0 Å². The van der Waals surface area contributed by atoms with E-state index in [1.54, 1.807) is 42.5 Å². The largest absolute Gasteiger partial charge is 0.356 e. The number of carbonyl (C=O) groups is 2. The third-order valence-corrected chi connectivity index (χ3v) is 3.64. The summed E-state index contributed by atoms with van der Waals surface area (Å²) in [7, 11) is 0. The fourth-order valence-electron chi connectivity index (χ4n) is 2.16. The van der Waals surface area contributed by atoms with Gasteiger partial charge in [0.1, 0.15) is 5.82 Å². The van der Waals surface area contributed by atoms with Gasteiger partial charge in [-0.15, -0.1) is 0 Å². The van der Waals surface area contributed by atoms with Crippen LogP contribution in [0.2, 0.25) is 5.02 Å².